The molecule has 0 amide bonds. The standard InChI is InChI=1S/C15H26N2O3/c1-4-5-14-10-13(12-18)11-15(16-14)17(6-8-19-2)7-9-20-3/h10-11,18H,4-9,12H2,1-3H3. The lowest BCUT2D eigenvalue weighted by Gasteiger charge is -2.24. The van der Waals surface area contributed by atoms with E-state index in [0.29, 0.717) is 13.2 Å². The van der Waals surface area contributed by atoms with Gasteiger partial charge in [-0.25, -0.2) is 4.98 Å². The molecule has 20 heavy (non-hydrogen) atoms. The van der Waals surface area contributed by atoms with E-state index in [1.54, 1.807) is 14.2 Å². The van der Waals surface area contributed by atoms with E-state index in [-0.39, 0.29) is 6.61 Å². The number of hydrogen-bond acceptors (Lipinski definition) is 5. The van der Waals surface area contributed by atoms with Crippen molar-refractivity contribution in [3.8, 4) is 0 Å². The molecule has 0 unspecified atom stereocenters. The van der Waals surface area contributed by atoms with Crippen LogP contribution in [-0.2, 0) is 22.5 Å². The highest BCUT2D eigenvalue weighted by molar-refractivity contribution is 5.42. The van der Waals surface area contributed by atoms with Gasteiger partial charge in [-0.05, 0) is 24.1 Å². The van der Waals surface area contributed by atoms with Crippen LogP contribution >= 0.6 is 0 Å². The Bertz CT molecular complexity index is 377. The van der Waals surface area contributed by atoms with Crippen molar-refractivity contribution < 1.29 is 14.6 Å². The number of nitrogens with zero attached hydrogens (tertiary/aromatic N) is 2. The quantitative estimate of drug-likeness (QED) is 0.707. The smallest absolute Gasteiger partial charge is 0.129 e. The van der Waals surface area contributed by atoms with Gasteiger partial charge in [-0.1, -0.05) is 13.3 Å². The van der Waals surface area contributed by atoms with Crippen LogP contribution in [0, 0.1) is 0 Å². The van der Waals surface area contributed by atoms with Gasteiger partial charge in [-0.2, -0.15) is 0 Å². The molecule has 0 aliphatic heterocycles. The van der Waals surface area contributed by atoms with Crippen LogP contribution in [0.3, 0.4) is 0 Å². The zero-order chi connectivity index (χ0) is 14.8. The van der Waals surface area contributed by atoms with Crippen molar-refractivity contribution in [1.82, 2.24) is 4.98 Å². The molecule has 0 saturated heterocycles. The molecule has 0 aliphatic rings. The van der Waals surface area contributed by atoms with Crippen LogP contribution in [0.15, 0.2) is 12.1 Å². The maximum atomic E-state index is 9.39. The van der Waals surface area contributed by atoms with E-state index in [9.17, 15) is 5.11 Å². The predicted molar refractivity (Wildman–Crippen MR) is 80.1 cm³/mol. The van der Waals surface area contributed by atoms with Crippen LogP contribution in [-0.4, -0.2) is 50.6 Å². The van der Waals surface area contributed by atoms with E-state index in [2.05, 4.69) is 16.8 Å². The first-order valence-corrected chi connectivity index (χ1v) is 7.08. The average Bonchev–Trinajstić information content (AvgIpc) is 2.47. The summed E-state index contributed by atoms with van der Waals surface area (Å²) in [5.41, 5.74) is 1.92. The number of pyridine rings is 1. The van der Waals surface area contributed by atoms with Gasteiger partial charge in [0, 0.05) is 33.0 Å². The molecule has 5 nitrogen and oxygen atoms in total. The van der Waals surface area contributed by atoms with Crippen LogP contribution in [0.2, 0.25) is 0 Å². The zero-order valence-corrected chi connectivity index (χ0v) is 12.8. The third-order valence-electron chi connectivity index (χ3n) is 3.07. The van der Waals surface area contributed by atoms with Gasteiger partial charge in [0.15, 0.2) is 0 Å². The lowest BCUT2D eigenvalue weighted by Crippen LogP contribution is -2.31. The third-order valence-corrected chi connectivity index (χ3v) is 3.07. The molecule has 0 radical (unpaired) electrons. The Morgan fingerprint density at radius 2 is 1.80 bits per heavy atom. The van der Waals surface area contributed by atoms with E-state index in [0.717, 1.165) is 43.0 Å². The number of aromatic nitrogens is 1. The van der Waals surface area contributed by atoms with Gasteiger partial charge in [0.2, 0.25) is 0 Å². The van der Waals surface area contributed by atoms with Crippen LogP contribution < -0.4 is 4.90 Å². The highest BCUT2D eigenvalue weighted by Gasteiger charge is 2.10. The minimum atomic E-state index is 0.0363. The second-order valence-corrected chi connectivity index (χ2v) is 4.71. The van der Waals surface area contributed by atoms with Crippen molar-refractivity contribution in [1.29, 1.82) is 0 Å². The van der Waals surface area contributed by atoms with Gasteiger partial charge in [0.1, 0.15) is 5.82 Å². The number of rotatable bonds is 10. The van der Waals surface area contributed by atoms with Gasteiger partial charge >= 0.3 is 0 Å². The number of aryl methyl sites for hydroxylation is 1. The Hall–Kier alpha value is -1.17. The Morgan fingerprint density at radius 1 is 1.15 bits per heavy atom. The third kappa shape index (κ3) is 5.45. The highest BCUT2D eigenvalue weighted by Crippen LogP contribution is 2.16. The number of methoxy groups -OCH3 is 2. The van der Waals surface area contributed by atoms with Crippen LogP contribution in [0.1, 0.15) is 24.6 Å². The van der Waals surface area contributed by atoms with E-state index in [1.807, 2.05) is 12.1 Å². The minimum absolute atomic E-state index is 0.0363. The number of hydrogen-bond donors (Lipinski definition) is 1. The molecule has 1 rings (SSSR count). The van der Waals surface area contributed by atoms with Gasteiger partial charge in [0.05, 0.1) is 19.8 Å². The molecule has 0 bridgehead atoms. The summed E-state index contributed by atoms with van der Waals surface area (Å²) < 4.78 is 10.3. The summed E-state index contributed by atoms with van der Waals surface area (Å²) in [7, 11) is 3.38. The SMILES string of the molecule is CCCc1cc(CO)cc(N(CCOC)CCOC)n1. The first kappa shape index (κ1) is 16.9. The topological polar surface area (TPSA) is 54.8 Å². The lowest BCUT2D eigenvalue weighted by molar-refractivity contribution is 0.190. The molecule has 1 N–H and O–H groups in total. The summed E-state index contributed by atoms with van der Waals surface area (Å²) in [5.74, 6) is 0.883. The van der Waals surface area contributed by atoms with Crippen molar-refractivity contribution in [2.24, 2.45) is 0 Å². The average molecular weight is 282 g/mol. The summed E-state index contributed by atoms with van der Waals surface area (Å²) in [6.45, 7) is 4.95. The summed E-state index contributed by atoms with van der Waals surface area (Å²) in [6, 6.07) is 3.91. The molecule has 1 aromatic rings. The van der Waals surface area contributed by atoms with Crippen molar-refractivity contribution in [2.45, 2.75) is 26.4 Å². The Balaban J connectivity index is 2.93. The Morgan fingerprint density at radius 3 is 2.30 bits per heavy atom. The fraction of sp³-hybridized carbons (Fsp3) is 0.667. The van der Waals surface area contributed by atoms with Gasteiger partial charge in [-0.15, -0.1) is 0 Å². The largest absolute Gasteiger partial charge is 0.392 e. The molecule has 0 saturated carbocycles. The maximum Gasteiger partial charge on any atom is 0.129 e. The second kappa shape index (κ2) is 9.69. The predicted octanol–water partition coefficient (Wildman–Crippen LogP) is 1.63. The van der Waals surface area contributed by atoms with E-state index in [4.69, 9.17) is 9.47 Å². The molecule has 0 fully saturated rings. The zero-order valence-electron chi connectivity index (χ0n) is 12.8. The first-order chi connectivity index (χ1) is 9.74. The van der Waals surface area contributed by atoms with Crippen LogP contribution in [0.4, 0.5) is 5.82 Å². The lowest BCUT2D eigenvalue weighted by atomic mass is 10.1. The van der Waals surface area contributed by atoms with Crippen molar-refractivity contribution in [3.05, 3.63) is 23.4 Å². The summed E-state index contributed by atoms with van der Waals surface area (Å²) in [5, 5.41) is 9.39. The van der Waals surface area contributed by atoms with E-state index < -0.39 is 0 Å². The Labute approximate surface area is 121 Å². The van der Waals surface area contributed by atoms with Crippen molar-refractivity contribution in [3.63, 3.8) is 0 Å². The molecule has 1 aromatic heterocycles. The summed E-state index contributed by atoms with van der Waals surface area (Å²) >= 11 is 0. The number of aliphatic hydroxyl groups excluding tert-OH is 1. The van der Waals surface area contributed by atoms with Gasteiger partial charge in [-0.3, -0.25) is 0 Å². The second-order valence-electron chi connectivity index (χ2n) is 4.71. The van der Waals surface area contributed by atoms with E-state index >= 15 is 0 Å². The summed E-state index contributed by atoms with van der Waals surface area (Å²) in [6.07, 6.45) is 1.96. The molecule has 0 aliphatic carbocycles. The number of anilines is 1. The molecular formula is C15H26N2O3. The fourth-order valence-corrected chi connectivity index (χ4v) is 2.01. The normalized spacial score (nSPS) is 10.8. The highest BCUT2D eigenvalue weighted by atomic mass is 16.5. The van der Waals surface area contributed by atoms with Crippen molar-refractivity contribution >= 4 is 5.82 Å². The summed E-state index contributed by atoms with van der Waals surface area (Å²) in [4.78, 5) is 6.81. The molecule has 0 aromatic carbocycles. The molecule has 1 heterocycles. The number of ether oxygens (including phenoxy) is 2. The fourth-order valence-electron chi connectivity index (χ4n) is 2.01. The molecule has 0 spiro atoms. The van der Waals surface area contributed by atoms with Gasteiger partial charge < -0.3 is 19.5 Å². The van der Waals surface area contributed by atoms with Gasteiger partial charge in [0.25, 0.3) is 0 Å². The van der Waals surface area contributed by atoms with Crippen LogP contribution in [0.25, 0.3) is 0 Å². The van der Waals surface area contributed by atoms with E-state index in [1.165, 1.54) is 0 Å². The monoisotopic (exact) mass is 282 g/mol. The minimum Gasteiger partial charge on any atom is -0.392 e. The number of aliphatic hydroxyl groups is 1. The molecule has 0 atom stereocenters. The van der Waals surface area contributed by atoms with Crippen LogP contribution in [0.5, 0.6) is 0 Å². The van der Waals surface area contributed by atoms with Crippen molar-refractivity contribution in [2.75, 3.05) is 45.4 Å². The molecule has 5 heteroatoms. The Kier molecular flexibility index (Phi) is 8.18. The molecule has 114 valence electrons. The maximum absolute atomic E-state index is 9.39. The molecular weight excluding hydrogens is 256 g/mol. The first-order valence-electron chi connectivity index (χ1n) is 7.08.